The van der Waals surface area contributed by atoms with Crippen LogP contribution < -0.4 is 5.32 Å². The standard InChI is InChI=1S/C14H24N2O3/c1-2-3-4-5-6-10-15-12(17)9-11-16-13(18)7-8-14(16)19/h2-11H2,1H3,(H,15,17). The topological polar surface area (TPSA) is 66.5 Å². The zero-order chi connectivity index (χ0) is 14.1. The quantitative estimate of drug-likeness (QED) is 0.510. The van der Waals surface area contributed by atoms with Crippen LogP contribution in [-0.2, 0) is 14.4 Å². The number of likely N-dealkylation sites (tertiary alicyclic amines) is 1. The van der Waals surface area contributed by atoms with E-state index in [1.807, 2.05) is 0 Å². The van der Waals surface area contributed by atoms with Crippen LogP contribution in [0.25, 0.3) is 0 Å². The van der Waals surface area contributed by atoms with Gasteiger partial charge in [-0.2, -0.15) is 0 Å². The molecule has 1 saturated heterocycles. The van der Waals surface area contributed by atoms with Crippen molar-refractivity contribution in [2.75, 3.05) is 13.1 Å². The number of carbonyl (C=O) groups excluding carboxylic acids is 3. The van der Waals surface area contributed by atoms with E-state index < -0.39 is 0 Å². The first-order valence-corrected chi connectivity index (χ1v) is 7.25. The summed E-state index contributed by atoms with van der Waals surface area (Å²) in [6.45, 7) is 3.08. The number of carbonyl (C=O) groups is 3. The number of hydrogen-bond donors (Lipinski definition) is 1. The minimum Gasteiger partial charge on any atom is -0.356 e. The van der Waals surface area contributed by atoms with E-state index in [0.29, 0.717) is 6.54 Å². The molecule has 0 aliphatic carbocycles. The third-order valence-electron chi connectivity index (χ3n) is 3.32. The largest absolute Gasteiger partial charge is 0.356 e. The summed E-state index contributed by atoms with van der Waals surface area (Å²) in [6.07, 6.45) is 6.59. The van der Waals surface area contributed by atoms with Gasteiger partial charge in [0.05, 0.1) is 0 Å². The van der Waals surface area contributed by atoms with Crippen LogP contribution in [0.15, 0.2) is 0 Å². The lowest BCUT2D eigenvalue weighted by Crippen LogP contribution is -2.34. The fraction of sp³-hybridized carbons (Fsp3) is 0.786. The van der Waals surface area contributed by atoms with Gasteiger partial charge in [0.25, 0.3) is 0 Å². The predicted molar refractivity (Wildman–Crippen MR) is 72.3 cm³/mol. The SMILES string of the molecule is CCCCCCCNC(=O)CCN1C(=O)CCC1=O. The molecule has 0 unspecified atom stereocenters. The zero-order valence-corrected chi connectivity index (χ0v) is 11.7. The molecule has 0 atom stereocenters. The lowest BCUT2D eigenvalue weighted by atomic mass is 10.1. The molecular formula is C14H24N2O3. The molecule has 0 bridgehead atoms. The van der Waals surface area contributed by atoms with Gasteiger partial charge in [-0.15, -0.1) is 0 Å². The maximum atomic E-state index is 11.5. The van der Waals surface area contributed by atoms with Gasteiger partial charge >= 0.3 is 0 Å². The molecule has 0 spiro atoms. The Morgan fingerprint density at radius 1 is 1.11 bits per heavy atom. The van der Waals surface area contributed by atoms with Crippen molar-refractivity contribution in [3.8, 4) is 0 Å². The molecule has 0 radical (unpaired) electrons. The molecule has 0 aromatic carbocycles. The molecule has 1 N–H and O–H groups in total. The molecule has 1 heterocycles. The van der Waals surface area contributed by atoms with Crippen LogP contribution in [0.1, 0.15) is 58.3 Å². The molecule has 108 valence electrons. The summed E-state index contributed by atoms with van der Waals surface area (Å²) in [5.41, 5.74) is 0. The van der Waals surface area contributed by atoms with E-state index in [2.05, 4.69) is 12.2 Å². The van der Waals surface area contributed by atoms with Crippen molar-refractivity contribution < 1.29 is 14.4 Å². The molecular weight excluding hydrogens is 244 g/mol. The Hall–Kier alpha value is -1.39. The van der Waals surface area contributed by atoms with Gasteiger partial charge in [0.15, 0.2) is 0 Å². The molecule has 3 amide bonds. The monoisotopic (exact) mass is 268 g/mol. The Balaban J connectivity index is 2.05. The van der Waals surface area contributed by atoms with Gasteiger partial charge in [0.1, 0.15) is 0 Å². The smallest absolute Gasteiger partial charge is 0.229 e. The second-order valence-corrected chi connectivity index (χ2v) is 4.95. The van der Waals surface area contributed by atoms with Gasteiger partial charge in [-0.3, -0.25) is 19.3 Å². The molecule has 19 heavy (non-hydrogen) atoms. The molecule has 1 rings (SSSR count). The Kier molecular flexibility index (Phi) is 7.15. The van der Waals surface area contributed by atoms with Crippen molar-refractivity contribution in [1.29, 1.82) is 0 Å². The van der Waals surface area contributed by atoms with Gasteiger partial charge in [-0.1, -0.05) is 32.6 Å². The van der Waals surface area contributed by atoms with Crippen LogP contribution in [0.3, 0.4) is 0 Å². The maximum Gasteiger partial charge on any atom is 0.229 e. The molecule has 5 heteroatoms. The minimum absolute atomic E-state index is 0.0806. The average Bonchev–Trinajstić information content (AvgIpc) is 2.71. The first-order valence-electron chi connectivity index (χ1n) is 7.25. The lowest BCUT2D eigenvalue weighted by molar-refractivity contribution is -0.138. The molecule has 0 aromatic heterocycles. The van der Waals surface area contributed by atoms with E-state index in [1.165, 1.54) is 24.2 Å². The van der Waals surface area contributed by atoms with Gasteiger partial charge in [0, 0.05) is 32.4 Å². The highest BCUT2D eigenvalue weighted by Gasteiger charge is 2.28. The van der Waals surface area contributed by atoms with Crippen molar-refractivity contribution in [1.82, 2.24) is 10.2 Å². The fourth-order valence-corrected chi connectivity index (χ4v) is 2.13. The van der Waals surface area contributed by atoms with Crippen LogP contribution in [0.2, 0.25) is 0 Å². The number of amides is 3. The lowest BCUT2D eigenvalue weighted by Gasteiger charge is -2.13. The highest BCUT2D eigenvalue weighted by Crippen LogP contribution is 2.11. The fourth-order valence-electron chi connectivity index (χ4n) is 2.13. The third kappa shape index (κ3) is 5.85. The summed E-state index contributed by atoms with van der Waals surface area (Å²) < 4.78 is 0. The first-order chi connectivity index (χ1) is 9.15. The van der Waals surface area contributed by atoms with Crippen LogP contribution in [0.5, 0.6) is 0 Å². The maximum absolute atomic E-state index is 11.5. The number of unbranched alkanes of at least 4 members (excludes halogenated alkanes) is 4. The van der Waals surface area contributed by atoms with Gasteiger partial charge in [-0.05, 0) is 6.42 Å². The van der Waals surface area contributed by atoms with E-state index >= 15 is 0 Å². The van der Waals surface area contributed by atoms with Crippen LogP contribution >= 0.6 is 0 Å². The third-order valence-corrected chi connectivity index (χ3v) is 3.32. The van der Waals surface area contributed by atoms with Crippen molar-refractivity contribution in [3.05, 3.63) is 0 Å². The summed E-state index contributed by atoms with van der Waals surface area (Å²) in [4.78, 5) is 35.4. The molecule has 5 nitrogen and oxygen atoms in total. The van der Waals surface area contributed by atoms with E-state index in [0.717, 1.165) is 12.8 Å². The van der Waals surface area contributed by atoms with Crippen LogP contribution in [0.4, 0.5) is 0 Å². The minimum atomic E-state index is -0.155. The van der Waals surface area contributed by atoms with Gasteiger partial charge < -0.3 is 5.32 Å². The molecule has 1 aliphatic heterocycles. The zero-order valence-electron chi connectivity index (χ0n) is 11.7. The van der Waals surface area contributed by atoms with Gasteiger partial charge in [-0.25, -0.2) is 0 Å². The number of nitrogens with one attached hydrogen (secondary N) is 1. The summed E-state index contributed by atoms with van der Waals surface area (Å²) in [7, 11) is 0. The summed E-state index contributed by atoms with van der Waals surface area (Å²) in [6, 6.07) is 0. The van der Waals surface area contributed by atoms with Crippen molar-refractivity contribution in [3.63, 3.8) is 0 Å². The molecule has 1 fully saturated rings. The van der Waals surface area contributed by atoms with Crippen LogP contribution in [-0.4, -0.2) is 35.7 Å². The average molecular weight is 268 g/mol. The molecule has 0 saturated carbocycles. The Labute approximate surface area is 114 Å². The molecule has 0 aromatic rings. The highest BCUT2D eigenvalue weighted by molar-refractivity contribution is 6.02. The van der Waals surface area contributed by atoms with E-state index in [4.69, 9.17) is 0 Å². The number of imide groups is 1. The first kappa shape index (κ1) is 15.7. The van der Waals surface area contributed by atoms with E-state index in [9.17, 15) is 14.4 Å². The number of nitrogens with zero attached hydrogens (tertiary/aromatic N) is 1. The Morgan fingerprint density at radius 3 is 2.37 bits per heavy atom. The summed E-state index contributed by atoms with van der Waals surface area (Å²) in [5, 5.41) is 2.82. The van der Waals surface area contributed by atoms with Crippen LogP contribution in [0, 0.1) is 0 Å². The van der Waals surface area contributed by atoms with Crippen molar-refractivity contribution in [2.45, 2.75) is 58.3 Å². The number of rotatable bonds is 9. The highest BCUT2D eigenvalue weighted by atomic mass is 16.2. The molecule has 1 aliphatic rings. The predicted octanol–water partition coefficient (Wildman–Crippen LogP) is 1.61. The number of hydrogen-bond acceptors (Lipinski definition) is 3. The van der Waals surface area contributed by atoms with E-state index in [-0.39, 0.29) is 43.5 Å². The normalized spacial score (nSPS) is 15.1. The van der Waals surface area contributed by atoms with Gasteiger partial charge in [0.2, 0.25) is 17.7 Å². The van der Waals surface area contributed by atoms with E-state index in [1.54, 1.807) is 0 Å². The van der Waals surface area contributed by atoms with Crippen molar-refractivity contribution >= 4 is 17.7 Å². The summed E-state index contributed by atoms with van der Waals surface area (Å²) >= 11 is 0. The van der Waals surface area contributed by atoms with Crippen molar-refractivity contribution in [2.24, 2.45) is 0 Å². The second kappa shape index (κ2) is 8.67. The Bertz CT molecular complexity index is 313. The summed E-state index contributed by atoms with van der Waals surface area (Å²) in [5.74, 6) is -0.391. The Morgan fingerprint density at radius 2 is 1.74 bits per heavy atom. The second-order valence-electron chi connectivity index (χ2n) is 4.95.